The molecule has 0 amide bonds. The average Bonchev–Trinajstić information content (AvgIpc) is 2.25. The predicted molar refractivity (Wildman–Crippen MR) is 61.2 cm³/mol. The number of hydrogen-bond donors (Lipinski definition) is 1. The highest BCUT2D eigenvalue weighted by atomic mass is 19.4. The quantitative estimate of drug-likeness (QED) is 0.828. The maximum Gasteiger partial charge on any atom is 0.416 e. The minimum Gasteiger partial charge on any atom is -0.384 e. The molecule has 0 fully saturated rings. The lowest BCUT2D eigenvalue weighted by Crippen LogP contribution is -2.34. The molecule has 5 heteroatoms. The second-order valence-corrected chi connectivity index (χ2v) is 5.21. The molecular formula is C13H15F3O2. The van der Waals surface area contributed by atoms with Gasteiger partial charge in [0.05, 0.1) is 5.56 Å². The fourth-order valence-corrected chi connectivity index (χ4v) is 1.37. The van der Waals surface area contributed by atoms with Gasteiger partial charge in [-0.05, 0) is 17.5 Å². The Hall–Kier alpha value is -1.36. The summed E-state index contributed by atoms with van der Waals surface area (Å²) in [5.74, 6) is -0.573. The van der Waals surface area contributed by atoms with Gasteiger partial charge in [0.15, 0.2) is 5.78 Å². The van der Waals surface area contributed by atoms with Crippen LogP contribution < -0.4 is 0 Å². The van der Waals surface area contributed by atoms with E-state index in [9.17, 15) is 23.1 Å². The minimum atomic E-state index is -4.43. The second kappa shape index (κ2) is 4.72. The molecule has 1 atom stereocenters. The van der Waals surface area contributed by atoms with Crippen LogP contribution in [0.5, 0.6) is 0 Å². The first-order valence-corrected chi connectivity index (χ1v) is 5.43. The van der Waals surface area contributed by atoms with Crippen molar-refractivity contribution in [3.05, 3.63) is 35.4 Å². The van der Waals surface area contributed by atoms with E-state index in [1.807, 2.05) is 0 Å². The van der Waals surface area contributed by atoms with Crippen LogP contribution >= 0.6 is 0 Å². The number of aliphatic hydroxyl groups excluding tert-OH is 1. The van der Waals surface area contributed by atoms with Crippen molar-refractivity contribution in [3.8, 4) is 0 Å². The van der Waals surface area contributed by atoms with E-state index in [1.165, 1.54) is 0 Å². The summed E-state index contributed by atoms with van der Waals surface area (Å²) in [5.41, 5.74) is -1.39. The van der Waals surface area contributed by atoms with Crippen LogP contribution in [-0.2, 0) is 6.18 Å². The molecule has 0 saturated carbocycles. The third kappa shape index (κ3) is 3.32. The smallest absolute Gasteiger partial charge is 0.384 e. The molecule has 0 aliphatic heterocycles. The number of ketones is 1. The summed E-state index contributed by atoms with van der Waals surface area (Å²) in [7, 11) is 0. The maximum absolute atomic E-state index is 12.3. The highest BCUT2D eigenvalue weighted by molar-refractivity contribution is 5.99. The topological polar surface area (TPSA) is 37.3 Å². The van der Waals surface area contributed by atoms with E-state index in [-0.39, 0.29) is 5.56 Å². The van der Waals surface area contributed by atoms with Crippen LogP contribution in [0.3, 0.4) is 0 Å². The number of aliphatic hydroxyl groups is 1. The van der Waals surface area contributed by atoms with E-state index in [0.29, 0.717) is 0 Å². The van der Waals surface area contributed by atoms with Crippen molar-refractivity contribution >= 4 is 5.78 Å². The van der Waals surface area contributed by atoms with Crippen molar-refractivity contribution in [2.45, 2.75) is 33.1 Å². The Morgan fingerprint density at radius 1 is 1.11 bits per heavy atom. The lowest BCUT2D eigenvalue weighted by Gasteiger charge is -2.24. The number of rotatable bonds is 2. The normalized spacial score (nSPS) is 14.4. The lowest BCUT2D eigenvalue weighted by atomic mass is 9.84. The SMILES string of the molecule is CC(C)(C)C(O)C(=O)c1ccc(C(F)(F)F)cc1. The minimum absolute atomic E-state index is 0.0745. The summed E-state index contributed by atoms with van der Waals surface area (Å²) >= 11 is 0. The Balaban J connectivity index is 2.96. The zero-order chi connectivity index (χ0) is 14.1. The lowest BCUT2D eigenvalue weighted by molar-refractivity contribution is -0.137. The Bertz CT molecular complexity index is 427. The van der Waals surface area contributed by atoms with Crippen molar-refractivity contribution in [1.29, 1.82) is 0 Å². The van der Waals surface area contributed by atoms with E-state index in [0.717, 1.165) is 24.3 Å². The fraction of sp³-hybridized carbons (Fsp3) is 0.462. The van der Waals surface area contributed by atoms with Crippen LogP contribution in [0, 0.1) is 5.41 Å². The number of alkyl halides is 3. The first kappa shape index (κ1) is 14.7. The molecule has 1 rings (SSSR count). The molecule has 18 heavy (non-hydrogen) atoms. The highest BCUT2D eigenvalue weighted by Crippen LogP contribution is 2.30. The van der Waals surface area contributed by atoms with Gasteiger partial charge < -0.3 is 5.11 Å². The van der Waals surface area contributed by atoms with Gasteiger partial charge in [-0.2, -0.15) is 13.2 Å². The fourth-order valence-electron chi connectivity index (χ4n) is 1.37. The molecule has 1 aromatic rings. The summed E-state index contributed by atoms with van der Waals surface area (Å²) in [6.45, 7) is 5.04. The molecule has 0 heterocycles. The summed E-state index contributed by atoms with van der Waals surface area (Å²) in [6.07, 6.45) is -5.67. The molecule has 100 valence electrons. The van der Waals surface area contributed by atoms with Gasteiger partial charge in [0.25, 0.3) is 0 Å². The van der Waals surface area contributed by atoms with E-state index in [4.69, 9.17) is 0 Å². The standard InChI is InChI=1S/C13H15F3O2/c1-12(2,3)11(18)10(17)8-4-6-9(7-5-8)13(14,15)16/h4-7,11,18H,1-3H3. The number of carbonyl (C=O) groups is 1. The summed E-state index contributed by atoms with van der Waals surface area (Å²) in [5, 5.41) is 9.77. The number of halogens is 3. The highest BCUT2D eigenvalue weighted by Gasteiger charge is 2.32. The largest absolute Gasteiger partial charge is 0.416 e. The molecule has 0 radical (unpaired) electrons. The summed E-state index contributed by atoms with van der Waals surface area (Å²) in [4.78, 5) is 11.8. The van der Waals surface area contributed by atoms with Gasteiger partial charge in [-0.3, -0.25) is 4.79 Å². The van der Waals surface area contributed by atoms with E-state index < -0.39 is 29.0 Å². The number of hydrogen-bond acceptors (Lipinski definition) is 2. The van der Waals surface area contributed by atoms with Crippen LogP contribution in [0.4, 0.5) is 13.2 Å². The summed E-state index contributed by atoms with van der Waals surface area (Å²) in [6, 6.07) is 3.84. The van der Waals surface area contributed by atoms with E-state index in [2.05, 4.69) is 0 Å². The molecule has 0 saturated heterocycles. The molecule has 1 aromatic carbocycles. The molecule has 0 aliphatic carbocycles. The Morgan fingerprint density at radius 3 is 1.89 bits per heavy atom. The Morgan fingerprint density at radius 2 is 1.56 bits per heavy atom. The van der Waals surface area contributed by atoms with Crippen LogP contribution in [0.1, 0.15) is 36.7 Å². The molecule has 0 spiro atoms. The monoisotopic (exact) mass is 260 g/mol. The number of Topliss-reactive ketones (excluding diaryl/α,β-unsaturated/α-hetero) is 1. The molecule has 0 aromatic heterocycles. The zero-order valence-corrected chi connectivity index (χ0v) is 10.4. The molecule has 2 nitrogen and oxygen atoms in total. The van der Waals surface area contributed by atoms with Crippen LogP contribution in [0.2, 0.25) is 0 Å². The van der Waals surface area contributed by atoms with Gasteiger partial charge in [-0.15, -0.1) is 0 Å². The maximum atomic E-state index is 12.3. The van der Waals surface area contributed by atoms with Gasteiger partial charge in [0, 0.05) is 5.56 Å². The van der Waals surface area contributed by atoms with Crippen LogP contribution in [0.15, 0.2) is 24.3 Å². The van der Waals surface area contributed by atoms with E-state index in [1.54, 1.807) is 20.8 Å². The average molecular weight is 260 g/mol. The molecule has 0 aliphatic rings. The molecular weight excluding hydrogens is 245 g/mol. The van der Waals surface area contributed by atoms with Crippen molar-refractivity contribution in [2.75, 3.05) is 0 Å². The van der Waals surface area contributed by atoms with Crippen molar-refractivity contribution in [3.63, 3.8) is 0 Å². The van der Waals surface area contributed by atoms with Crippen molar-refractivity contribution in [2.24, 2.45) is 5.41 Å². The molecule has 0 bridgehead atoms. The first-order valence-electron chi connectivity index (χ1n) is 5.43. The Kier molecular flexibility index (Phi) is 3.86. The van der Waals surface area contributed by atoms with E-state index >= 15 is 0 Å². The third-order valence-electron chi connectivity index (χ3n) is 2.57. The molecule has 1 N–H and O–H groups in total. The van der Waals surface area contributed by atoms with Crippen molar-refractivity contribution in [1.82, 2.24) is 0 Å². The third-order valence-corrected chi connectivity index (χ3v) is 2.57. The van der Waals surface area contributed by atoms with Gasteiger partial charge >= 0.3 is 6.18 Å². The van der Waals surface area contributed by atoms with Gasteiger partial charge in [-0.1, -0.05) is 32.9 Å². The van der Waals surface area contributed by atoms with Gasteiger partial charge in [0.2, 0.25) is 0 Å². The van der Waals surface area contributed by atoms with Crippen molar-refractivity contribution < 1.29 is 23.1 Å². The van der Waals surface area contributed by atoms with Gasteiger partial charge in [0.1, 0.15) is 6.10 Å². The van der Waals surface area contributed by atoms with Gasteiger partial charge in [-0.25, -0.2) is 0 Å². The summed E-state index contributed by atoms with van der Waals surface area (Å²) < 4.78 is 37.0. The Labute approximate surface area is 103 Å². The predicted octanol–water partition coefficient (Wildman–Crippen LogP) is 3.30. The number of carbonyl (C=O) groups excluding carboxylic acids is 1. The first-order chi connectivity index (χ1) is 8.03. The number of benzene rings is 1. The van der Waals surface area contributed by atoms with Crippen LogP contribution in [-0.4, -0.2) is 17.0 Å². The second-order valence-electron chi connectivity index (χ2n) is 5.21. The molecule has 1 unspecified atom stereocenters. The zero-order valence-electron chi connectivity index (χ0n) is 10.4. The van der Waals surface area contributed by atoms with Crippen LogP contribution in [0.25, 0.3) is 0 Å².